The molecule has 0 saturated carbocycles. The van der Waals surface area contributed by atoms with E-state index in [0.29, 0.717) is 5.92 Å². The monoisotopic (exact) mass is 355 g/mol. The minimum Gasteiger partial charge on any atom is -0.347 e. The molecule has 1 atom stereocenters. The summed E-state index contributed by atoms with van der Waals surface area (Å²) in [6.45, 7) is 2.85. The van der Waals surface area contributed by atoms with E-state index in [0.717, 1.165) is 46.8 Å². The topological polar surface area (TPSA) is 65.1 Å². The van der Waals surface area contributed by atoms with Crippen LogP contribution in [0.1, 0.15) is 33.3 Å². The zero-order valence-electron chi connectivity index (χ0n) is 14.4. The van der Waals surface area contributed by atoms with E-state index in [1.807, 2.05) is 26.4 Å². The molecule has 130 valence electrons. The van der Waals surface area contributed by atoms with E-state index in [9.17, 15) is 4.79 Å². The second-order valence-corrected chi connectivity index (χ2v) is 7.70. The Kier molecular flexibility index (Phi) is 4.27. The zero-order valence-corrected chi connectivity index (χ0v) is 15.2. The average molecular weight is 355 g/mol. The fourth-order valence-corrected chi connectivity index (χ4v) is 4.79. The van der Waals surface area contributed by atoms with E-state index in [4.69, 9.17) is 0 Å². The minimum absolute atomic E-state index is 0.0741. The summed E-state index contributed by atoms with van der Waals surface area (Å²) in [5.74, 6) is 0.435. The smallest absolute Gasteiger partial charge is 0.263 e. The third-order valence-electron chi connectivity index (χ3n) is 4.73. The number of pyridine rings is 1. The standard InChI is InChI=1S/C18H21N5OS/c1-22(2)18(24)16-15(14-4-3-6-20-17(14)25-16)12-5-7-23(9-12)10-13-8-19-11-21-13/h3-4,6,8,11-12H,5,7,9-10H2,1-2H3,(H,19,21)/t12-/m0/s1. The molecule has 3 aromatic rings. The van der Waals surface area contributed by atoms with Crippen LogP contribution in [0, 0.1) is 0 Å². The SMILES string of the molecule is CN(C)C(=O)c1sc2ncccc2c1[C@H]1CCN(Cc2cnc[nH]2)C1. The molecule has 3 aromatic heterocycles. The Bertz CT molecular complexity index is 886. The summed E-state index contributed by atoms with van der Waals surface area (Å²) in [7, 11) is 3.62. The predicted octanol–water partition coefficient (Wildman–Crippen LogP) is 2.71. The Morgan fingerprint density at radius 2 is 2.36 bits per heavy atom. The lowest BCUT2D eigenvalue weighted by Crippen LogP contribution is -2.23. The number of imidazole rings is 1. The Balaban J connectivity index is 1.66. The van der Waals surface area contributed by atoms with Crippen molar-refractivity contribution in [1.29, 1.82) is 0 Å². The van der Waals surface area contributed by atoms with E-state index in [1.54, 1.807) is 17.4 Å². The Labute approximate surface area is 150 Å². The van der Waals surface area contributed by atoms with Crippen LogP contribution in [0.15, 0.2) is 30.9 Å². The van der Waals surface area contributed by atoms with E-state index >= 15 is 0 Å². The lowest BCUT2D eigenvalue weighted by atomic mass is 9.95. The quantitative estimate of drug-likeness (QED) is 0.781. The number of aromatic nitrogens is 3. The minimum atomic E-state index is 0.0741. The number of likely N-dealkylation sites (tertiary alicyclic amines) is 1. The van der Waals surface area contributed by atoms with Gasteiger partial charge in [-0.25, -0.2) is 9.97 Å². The normalized spacial score (nSPS) is 18.1. The Morgan fingerprint density at radius 1 is 1.48 bits per heavy atom. The van der Waals surface area contributed by atoms with E-state index in [1.165, 1.54) is 16.9 Å². The molecular formula is C18H21N5OS. The van der Waals surface area contributed by atoms with Crippen molar-refractivity contribution in [3.63, 3.8) is 0 Å². The molecule has 1 aliphatic rings. The highest BCUT2D eigenvalue weighted by atomic mass is 32.1. The second kappa shape index (κ2) is 6.57. The number of nitrogens with zero attached hydrogens (tertiary/aromatic N) is 4. The molecule has 0 spiro atoms. The van der Waals surface area contributed by atoms with E-state index in [-0.39, 0.29) is 5.91 Å². The number of nitrogens with one attached hydrogen (secondary N) is 1. The van der Waals surface area contributed by atoms with Crippen LogP contribution >= 0.6 is 11.3 Å². The highest BCUT2D eigenvalue weighted by Crippen LogP contribution is 2.39. The molecule has 6 nitrogen and oxygen atoms in total. The molecule has 0 aromatic carbocycles. The van der Waals surface area contributed by atoms with Crippen molar-refractivity contribution < 1.29 is 4.79 Å². The summed E-state index contributed by atoms with van der Waals surface area (Å²) in [5, 5.41) is 1.13. The van der Waals surface area contributed by atoms with Gasteiger partial charge in [0.05, 0.1) is 11.2 Å². The van der Waals surface area contributed by atoms with Crippen molar-refractivity contribution in [1.82, 2.24) is 24.8 Å². The summed E-state index contributed by atoms with van der Waals surface area (Å²) in [6.07, 6.45) is 6.45. The van der Waals surface area contributed by atoms with Crippen LogP contribution in [0.2, 0.25) is 0 Å². The first-order valence-electron chi connectivity index (χ1n) is 8.42. The summed E-state index contributed by atoms with van der Waals surface area (Å²) in [6, 6.07) is 4.05. The molecule has 0 bridgehead atoms. The maximum atomic E-state index is 12.7. The van der Waals surface area contributed by atoms with Crippen LogP contribution in [-0.4, -0.2) is 57.8 Å². The molecule has 1 saturated heterocycles. The number of aromatic amines is 1. The molecule has 0 aliphatic carbocycles. The van der Waals surface area contributed by atoms with Crippen LogP contribution in [-0.2, 0) is 6.54 Å². The molecule has 1 amide bonds. The highest BCUT2D eigenvalue weighted by molar-refractivity contribution is 7.20. The summed E-state index contributed by atoms with van der Waals surface area (Å²) >= 11 is 1.52. The number of hydrogen-bond donors (Lipinski definition) is 1. The first-order valence-corrected chi connectivity index (χ1v) is 9.24. The Hall–Kier alpha value is -2.25. The highest BCUT2D eigenvalue weighted by Gasteiger charge is 2.31. The molecule has 0 unspecified atom stereocenters. The molecule has 4 heterocycles. The molecular weight excluding hydrogens is 334 g/mol. The van der Waals surface area contributed by atoms with Crippen molar-refractivity contribution in [2.75, 3.05) is 27.2 Å². The molecule has 1 aliphatic heterocycles. The number of carbonyl (C=O) groups is 1. The number of fused-ring (bicyclic) bond motifs is 1. The predicted molar refractivity (Wildman–Crippen MR) is 98.9 cm³/mol. The van der Waals surface area contributed by atoms with Crippen LogP contribution < -0.4 is 0 Å². The maximum absolute atomic E-state index is 12.7. The number of hydrogen-bond acceptors (Lipinski definition) is 5. The summed E-state index contributed by atoms with van der Waals surface area (Å²) in [5.41, 5.74) is 2.31. The van der Waals surface area contributed by atoms with Gasteiger partial charge < -0.3 is 9.88 Å². The van der Waals surface area contributed by atoms with Crippen molar-refractivity contribution in [2.24, 2.45) is 0 Å². The van der Waals surface area contributed by atoms with Gasteiger partial charge in [-0.1, -0.05) is 6.07 Å². The van der Waals surface area contributed by atoms with Crippen molar-refractivity contribution in [3.05, 3.63) is 47.0 Å². The van der Waals surface area contributed by atoms with Crippen LogP contribution in [0.3, 0.4) is 0 Å². The number of thiophene rings is 1. The van der Waals surface area contributed by atoms with Gasteiger partial charge >= 0.3 is 0 Å². The molecule has 1 fully saturated rings. The number of rotatable bonds is 4. The Morgan fingerprint density at radius 3 is 3.12 bits per heavy atom. The van der Waals surface area contributed by atoms with Crippen molar-refractivity contribution >= 4 is 27.5 Å². The van der Waals surface area contributed by atoms with Crippen molar-refractivity contribution in [3.8, 4) is 0 Å². The number of amides is 1. The second-order valence-electron chi connectivity index (χ2n) is 6.70. The summed E-state index contributed by atoms with van der Waals surface area (Å²) < 4.78 is 0. The van der Waals surface area contributed by atoms with Gasteiger partial charge in [0.15, 0.2) is 0 Å². The fraction of sp³-hybridized carbons (Fsp3) is 0.389. The van der Waals surface area contributed by atoms with Gasteiger partial charge in [-0.15, -0.1) is 11.3 Å². The van der Waals surface area contributed by atoms with Gasteiger partial charge in [-0.3, -0.25) is 9.69 Å². The molecule has 0 radical (unpaired) electrons. The maximum Gasteiger partial charge on any atom is 0.263 e. The van der Waals surface area contributed by atoms with Gasteiger partial charge in [0.25, 0.3) is 5.91 Å². The fourth-order valence-electron chi connectivity index (χ4n) is 3.54. The molecule has 25 heavy (non-hydrogen) atoms. The van der Waals surface area contributed by atoms with Crippen molar-refractivity contribution in [2.45, 2.75) is 18.9 Å². The third kappa shape index (κ3) is 3.05. The molecule has 7 heteroatoms. The lowest BCUT2D eigenvalue weighted by molar-refractivity contribution is 0.0831. The first kappa shape index (κ1) is 16.2. The molecule has 1 N–H and O–H groups in total. The molecule has 4 rings (SSSR count). The van der Waals surface area contributed by atoms with Crippen LogP contribution in [0.25, 0.3) is 10.2 Å². The van der Waals surface area contributed by atoms with Crippen LogP contribution in [0.4, 0.5) is 0 Å². The van der Waals surface area contributed by atoms with Gasteiger partial charge in [0.2, 0.25) is 0 Å². The third-order valence-corrected chi connectivity index (χ3v) is 5.85. The van der Waals surface area contributed by atoms with Gasteiger partial charge in [-0.05, 0) is 24.6 Å². The van der Waals surface area contributed by atoms with Gasteiger partial charge in [0.1, 0.15) is 4.83 Å². The average Bonchev–Trinajstić information content (AvgIpc) is 3.33. The lowest BCUT2D eigenvalue weighted by Gasteiger charge is -2.17. The largest absolute Gasteiger partial charge is 0.347 e. The number of carbonyl (C=O) groups excluding carboxylic acids is 1. The van der Waals surface area contributed by atoms with E-state index in [2.05, 4.69) is 25.9 Å². The first-order chi connectivity index (χ1) is 12.1. The van der Waals surface area contributed by atoms with Crippen LogP contribution in [0.5, 0.6) is 0 Å². The summed E-state index contributed by atoms with van der Waals surface area (Å²) in [4.78, 5) is 30.3. The number of H-pyrrole nitrogens is 1. The van der Waals surface area contributed by atoms with Gasteiger partial charge in [-0.2, -0.15) is 0 Å². The van der Waals surface area contributed by atoms with Gasteiger partial charge in [0, 0.05) is 56.6 Å². The zero-order chi connectivity index (χ0) is 17.4. The van der Waals surface area contributed by atoms with E-state index < -0.39 is 0 Å².